The molecule has 1 spiro atoms. The number of allylic oxidation sites excluding steroid dienone is 1. The van der Waals surface area contributed by atoms with Gasteiger partial charge in [0.25, 0.3) is 0 Å². The zero-order valence-corrected chi connectivity index (χ0v) is 23.6. The lowest BCUT2D eigenvalue weighted by Gasteiger charge is -2.48. The molecule has 1 aliphatic heterocycles. The van der Waals surface area contributed by atoms with Crippen molar-refractivity contribution in [2.45, 2.75) is 71.2 Å². The molecule has 2 bridgehead atoms. The maximum atomic E-state index is 14.5. The van der Waals surface area contributed by atoms with E-state index in [1.807, 2.05) is 6.92 Å². The quantitative estimate of drug-likeness (QED) is 0.394. The Hall–Kier alpha value is -2.49. The summed E-state index contributed by atoms with van der Waals surface area (Å²) in [6, 6.07) is 0. The van der Waals surface area contributed by atoms with Gasteiger partial charge >= 0.3 is 5.97 Å². The number of piperidine rings is 1. The van der Waals surface area contributed by atoms with Gasteiger partial charge in [-0.25, -0.2) is 4.79 Å². The summed E-state index contributed by atoms with van der Waals surface area (Å²) in [5.74, 6) is -1.32. The molecule has 0 radical (unpaired) electrons. The minimum absolute atomic E-state index is 0.0473. The summed E-state index contributed by atoms with van der Waals surface area (Å²) in [6.45, 7) is 9.15. The lowest BCUT2D eigenvalue weighted by Crippen LogP contribution is -2.65. The number of nitrogens with zero attached hydrogens (tertiary/aromatic N) is 3. The van der Waals surface area contributed by atoms with Gasteiger partial charge in [0.05, 0.1) is 23.9 Å². The largest absolute Gasteiger partial charge is 0.450 e. The van der Waals surface area contributed by atoms with Crippen molar-refractivity contribution in [2.24, 2.45) is 41.5 Å². The fourth-order valence-electron chi connectivity index (χ4n) is 8.79. The molecule has 212 valence electrons. The standard InChI is InChI=1S/C30H41N3O6/c1-16-13-29-17(2)11-20-22(28(20,3)4)19(25(29)36)12-18(15-34)24(35)30(29,38)26(16)39-27(37)23-21(14-31-32(23)5)33-9-7-6-8-10-33/h12-14,17,19-20,22,24,26,34-35,38H,6-11,15H2,1-5H3/t17-,19+,20-,22+,24-,26+,29+,30+/m1/s1. The second-order valence-electron chi connectivity index (χ2n) is 13.2. The fraction of sp³-hybridized carbons (Fsp3) is 0.700. The van der Waals surface area contributed by atoms with Crippen molar-refractivity contribution in [1.29, 1.82) is 0 Å². The van der Waals surface area contributed by atoms with E-state index in [9.17, 15) is 24.9 Å². The molecule has 1 saturated heterocycles. The molecule has 3 N–H and O–H groups in total. The first-order valence-electron chi connectivity index (χ1n) is 14.3. The van der Waals surface area contributed by atoms with Crippen LogP contribution in [0, 0.1) is 34.5 Å². The Morgan fingerprint density at radius 1 is 1.23 bits per heavy atom. The van der Waals surface area contributed by atoms with E-state index in [-0.39, 0.29) is 40.2 Å². The smallest absolute Gasteiger partial charge is 0.359 e. The first kappa shape index (κ1) is 26.7. The van der Waals surface area contributed by atoms with Crippen LogP contribution in [-0.4, -0.2) is 74.4 Å². The van der Waals surface area contributed by atoms with Gasteiger partial charge in [-0.2, -0.15) is 5.10 Å². The summed E-state index contributed by atoms with van der Waals surface area (Å²) < 4.78 is 7.59. The highest BCUT2D eigenvalue weighted by molar-refractivity contribution is 5.97. The molecule has 1 aromatic heterocycles. The van der Waals surface area contributed by atoms with Crippen LogP contribution in [0.15, 0.2) is 29.5 Å². The normalized spacial score (nSPS) is 40.6. The molecule has 5 aliphatic rings. The number of aromatic nitrogens is 2. The van der Waals surface area contributed by atoms with E-state index in [1.165, 1.54) is 4.68 Å². The van der Waals surface area contributed by atoms with E-state index in [0.717, 1.165) is 32.4 Å². The van der Waals surface area contributed by atoms with E-state index < -0.39 is 41.7 Å². The minimum Gasteiger partial charge on any atom is -0.450 e. The van der Waals surface area contributed by atoms with Crippen LogP contribution in [-0.2, 0) is 16.6 Å². The van der Waals surface area contributed by atoms with Gasteiger partial charge in [-0.05, 0) is 66.9 Å². The molecule has 39 heavy (non-hydrogen) atoms. The molecule has 9 heteroatoms. The number of ether oxygens (including phenoxy) is 1. The number of hydrogen-bond acceptors (Lipinski definition) is 8. The lowest BCUT2D eigenvalue weighted by atomic mass is 9.59. The fourth-order valence-corrected chi connectivity index (χ4v) is 8.79. The first-order chi connectivity index (χ1) is 18.4. The van der Waals surface area contributed by atoms with Gasteiger partial charge in [-0.3, -0.25) is 9.48 Å². The minimum atomic E-state index is -2.16. The van der Waals surface area contributed by atoms with Gasteiger partial charge in [0.2, 0.25) is 0 Å². The Balaban J connectivity index is 1.42. The monoisotopic (exact) mass is 539 g/mol. The Morgan fingerprint density at radius 3 is 2.59 bits per heavy atom. The number of esters is 1. The summed E-state index contributed by atoms with van der Waals surface area (Å²) in [5, 5.41) is 39.0. The molecule has 6 rings (SSSR count). The molecule has 1 aromatic rings. The van der Waals surface area contributed by atoms with Crippen LogP contribution in [0.3, 0.4) is 0 Å². The Kier molecular flexibility index (Phi) is 6.00. The molecule has 9 nitrogen and oxygen atoms in total. The van der Waals surface area contributed by atoms with Crippen molar-refractivity contribution in [3.63, 3.8) is 0 Å². The number of carbonyl (C=O) groups excluding carboxylic acids is 2. The van der Waals surface area contributed by atoms with Crippen LogP contribution < -0.4 is 4.90 Å². The maximum Gasteiger partial charge on any atom is 0.359 e. The average molecular weight is 540 g/mol. The summed E-state index contributed by atoms with van der Waals surface area (Å²) in [6.07, 6.45) is 6.16. The molecular formula is C30H41N3O6. The highest BCUT2D eigenvalue weighted by Crippen LogP contribution is 2.71. The van der Waals surface area contributed by atoms with E-state index >= 15 is 0 Å². The van der Waals surface area contributed by atoms with Crippen LogP contribution in [0.25, 0.3) is 0 Å². The number of aliphatic hydroxyl groups excluding tert-OH is 2. The molecular weight excluding hydrogens is 498 g/mol. The number of aryl methyl sites for hydroxylation is 1. The highest BCUT2D eigenvalue weighted by atomic mass is 16.6. The highest BCUT2D eigenvalue weighted by Gasteiger charge is 2.76. The Bertz CT molecular complexity index is 1280. The maximum absolute atomic E-state index is 14.5. The van der Waals surface area contributed by atoms with Gasteiger partial charge < -0.3 is 25.0 Å². The van der Waals surface area contributed by atoms with Crippen molar-refractivity contribution >= 4 is 17.4 Å². The second kappa shape index (κ2) is 8.75. The third-order valence-corrected chi connectivity index (χ3v) is 10.9. The predicted molar refractivity (Wildman–Crippen MR) is 144 cm³/mol. The van der Waals surface area contributed by atoms with Gasteiger partial charge in [0.15, 0.2) is 23.2 Å². The number of fused-ring (bicyclic) bond motifs is 3. The molecule has 0 amide bonds. The predicted octanol–water partition coefficient (Wildman–Crippen LogP) is 2.40. The van der Waals surface area contributed by atoms with Crippen molar-refractivity contribution in [1.82, 2.24) is 9.78 Å². The number of rotatable bonds is 4. The van der Waals surface area contributed by atoms with E-state index in [1.54, 1.807) is 32.3 Å². The number of anilines is 1. The van der Waals surface area contributed by atoms with Gasteiger partial charge in [0, 0.05) is 26.1 Å². The number of aliphatic hydroxyl groups is 3. The second-order valence-corrected chi connectivity index (χ2v) is 13.2. The molecule has 4 aliphatic carbocycles. The molecule has 2 heterocycles. The number of carbonyl (C=O) groups is 2. The van der Waals surface area contributed by atoms with Crippen LogP contribution in [0.5, 0.6) is 0 Å². The molecule has 2 saturated carbocycles. The SMILES string of the molecule is CC1=C[C@]23C(=O)[C@@H](C=C(CO)[C@@H](O)[C@]2(O)[C@H]1OC(=O)c1c(N2CCCCC2)cnn1C)[C@H]1[C@@H](C[C@H]3C)C1(C)C. The van der Waals surface area contributed by atoms with Crippen molar-refractivity contribution in [3.05, 3.63) is 35.2 Å². The van der Waals surface area contributed by atoms with Crippen molar-refractivity contribution in [2.75, 3.05) is 24.6 Å². The van der Waals surface area contributed by atoms with Crippen LogP contribution in [0.2, 0.25) is 0 Å². The third kappa shape index (κ3) is 3.39. The topological polar surface area (TPSA) is 125 Å². The first-order valence-corrected chi connectivity index (χ1v) is 14.3. The van der Waals surface area contributed by atoms with E-state index in [2.05, 4.69) is 23.8 Å². The van der Waals surface area contributed by atoms with Gasteiger partial charge in [-0.15, -0.1) is 0 Å². The molecule has 0 unspecified atom stereocenters. The Labute approximate surface area is 229 Å². The molecule has 0 aromatic carbocycles. The molecule has 3 fully saturated rings. The van der Waals surface area contributed by atoms with Gasteiger partial charge in [0.1, 0.15) is 6.10 Å². The zero-order chi connectivity index (χ0) is 28.1. The third-order valence-electron chi connectivity index (χ3n) is 10.9. The van der Waals surface area contributed by atoms with Crippen molar-refractivity contribution in [3.8, 4) is 0 Å². The summed E-state index contributed by atoms with van der Waals surface area (Å²) in [7, 11) is 1.68. The zero-order valence-electron chi connectivity index (χ0n) is 23.6. The summed E-state index contributed by atoms with van der Waals surface area (Å²) >= 11 is 0. The number of ketones is 1. The van der Waals surface area contributed by atoms with Crippen LogP contribution >= 0.6 is 0 Å². The van der Waals surface area contributed by atoms with Crippen LogP contribution in [0.1, 0.15) is 63.9 Å². The number of Topliss-reactive ketones (excluding diaryl/α,β-unsaturated/α-hetero) is 1. The summed E-state index contributed by atoms with van der Waals surface area (Å²) in [4.78, 5) is 30.5. The van der Waals surface area contributed by atoms with E-state index in [4.69, 9.17) is 4.74 Å². The van der Waals surface area contributed by atoms with Crippen LogP contribution in [0.4, 0.5) is 5.69 Å². The number of hydrogen-bond donors (Lipinski definition) is 3. The molecule has 8 atom stereocenters. The average Bonchev–Trinajstić information content (AvgIpc) is 3.17. The van der Waals surface area contributed by atoms with E-state index in [0.29, 0.717) is 17.7 Å². The Morgan fingerprint density at radius 2 is 1.92 bits per heavy atom. The van der Waals surface area contributed by atoms with Gasteiger partial charge in [-0.1, -0.05) is 32.9 Å². The lowest BCUT2D eigenvalue weighted by molar-refractivity contribution is -0.190. The van der Waals surface area contributed by atoms with Crippen molar-refractivity contribution < 1.29 is 29.6 Å². The summed E-state index contributed by atoms with van der Waals surface area (Å²) in [5.41, 5.74) is -1.97.